The van der Waals surface area contributed by atoms with Gasteiger partial charge in [0.25, 0.3) is 0 Å². The highest BCUT2D eigenvalue weighted by atomic mass is 16.5. The van der Waals surface area contributed by atoms with Gasteiger partial charge in [-0.15, -0.1) is 0 Å². The number of ether oxygens (including phenoxy) is 1. The molecule has 0 saturated heterocycles. The number of rotatable bonds is 6. The Labute approximate surface area is 189 Å². The summed E-state index contributed by atoms with van der Waals surface area (Å²) in [6.07, 6.45) is 6.48. The van der Waals surface area contributed by atoms with Gasteiger partial charge in [0.1, 0.15) is 5.54 Å². The lowest BCUT2D eigenvalue weighted by molar-refractivity contribution is -0.552. The molecule has 168 valence electrons. The number of aryl methyl sites for hydroxylation is 1. The second-order valence-electron chi connectivity index (χ2n) is 8.42. The van der Waals surface area contributed by atoms with Crippen LogP contribution in [0.5, 0.6) is 0 Å². The van der Waals surface area contributed by atoms with E-state index in [2.05, 4.69) is 64.9 Å². The van der Waals surface area contributed by atoms with E-state index in [-0.39, 0.29) is 0 Å². The molecule has 1 unspecified atom stereocenters. The lowest BCUT2D eigenvalue weighted by atomic mass is 9.70. The molecule has 0 amide bonds. The van der Waals surface area contributed by atoms with Crippen molar-refractivity contribution in [3.63, 3.8) is 0 Å². The van der Waals surface area contributed by atoms with Crippen molar-refractivity contribution in [3.05, 3.63) is 65.6 Å². The van der Waals surface area contributed by atoms with Gasteiger partial charge in [-0.25, -0.2) is 5.32 Å². The van der Waals surface area contributed by atoms with Crippen molar-refractivity contribution >= 4 is 11.8 Å². The summed E-state index contributed by atoms with van der Waals surface area (Å²) in [4.78, 5) is 8.18. The monoisotopic (exact) mass is 434 g/mol. The molecule has 8 heteroatoms. The molecule has 0 spiro atoms. The first kappa shape index (κ1) is 21.8. The Morgan fingerprint density at radius 2 is 2.22 bits per heavy atom. The van der Waals surface area contributed by atoms with Gasteiger partial charge in [0.2, 0.25) is 5.84 Å². The fourth-order valence-electron chi connectivity index (χ4n) is 4.67. The summed E-state index contributed by atoms with van der Waals surface area (Å²) in [5.74, 6) is 1.35. The second kappa shape index (κ2) is 9.00. The molecule has 1 aromatic heterocycles. The lowest BCUT2D eigenvalue weighted by Gasteiger charge is -2.37. The predicted molar refractivity (Wildman–Crippen MR) is 127 cm³/mol. The van der Waals surface area contributed by atoms with E-state index in [4.69, 9.17) is 15.6 Å². The van der Waals surface area contributed by atoms with Crippen molar-refractivity contribution in [1.82, 2.24) is 20.4 Å². The number of hydrogen-bond donors (Lipinski definition) is 4. The van der Waals surface area contributed by atoms with Crippen LogP contribution >= 0.6 is 0 Å². The molecule has 4 rings (SSSR count). The Morgan fingerprint density at radius 1 is 1.44 bits per heavy atom. The van der Waals surface area contributed by atoms with E-state index in [1.54, 1.807) is 19.4 Å². The van der Waals surface area contributed by atoms with Crippen molar-refractivity contribution in [2.45, 2.75) is 25.8 Å². The highest BCUT2D eigenvalue weighted by Crippen LogP contribution is 2.44. The number of benzene rings is 1. The van der Waals surface area contributed by atoms with Crippen LogP contribution in [0.25, 0.3) is 11.3 Å². The highest BCUT2D eigenvalue weighted by molar-refractivity contribution is 5.99. The van der Waals surface area contributed by atoms with Gasteiger partial charge in [0, 0.05) is 49.7 Å². The number of methoxy groups -OCH3 is 1. The van der Waals surface area contributed by atoms with E-state index < -0.39 is 5.54 Å². The Balaban J connectivity index is 1.72. The summed E-state index contributed by atoms with van der Waals surface area (Å²) in [5, 5.41) is 11.3. The maximum absolute atomic E-state index is 6.13. The van der Waals surface area contributed by atoms with Gasteiger partial charge in [0.15, 0.2) is 0 Å². The van der Waals surface area contributed by atoms with Crippen molar-refractivity contribution in [3.8, 4) is 11.3 Å². The topological polar surface area (TPSA) is 103 Å². The van der Waals surface area contributed by atoms with E-state index >= 15 is 0 Å². The quantitative estimate of drug-likeness (QED) is 0.302. The van der Waals surface area contributed by atoms with Crippen molar-refractivity contribution in [2.75, 3.05) is 20.3 Å². The van der Waals surface area contributed by atoms with Gasteiger partial charge in [-0.3, -0.25) is 9.67 Å². The molecule has 32 heavy (non-hydrogen) atoms. The number of nitrogens with one attached hydrogen (secondary N) is 3. The average Bonchev–Trinajstić information content (AvgIpc) is 3.10. The molecule has 0 saturated carbocycles. The Bertz CT molecular complexity index is 1100. The SMILES string of the molecule is COCCN/C=C\C(N)=NC1=[NH+]C2(C)C(=CN1)[C@@H](C)Cc1nn(C)c(-c3ccccc3)c12. The summed E-state index contributed by atoms with van der Waals surface area (Å²) in [6.45, 7) is 5.78. The molecule has 0 bridgehead atoms. The van der Waals surface area contributed by atoms with E-state index in [1.165, 1.54) is 11.1 Å². The van der Waals surface area contributed by atoms with Crippen LogP contribution in [0.4, 0.5) is 0 Å². The van der Waals surface area contributed by atoms with Crippen LogP contribution in [0.2, 0.25) is 0 Å². The molecule has 1 aliphatic carbocycles. The maximum atomic E-state index is 6.13. The zero-order chi connectivity index (χ0) is 22.7. The van der Waals surface area contributed by atoms with Gasteiger partial charge in [0.05, 0.1) is 24.2 Å². The fraction of sp³-hybridized carbons (Fsp3) is 0.375. The van der Waals surface area contributed by atoms with Gasteiger partial charge in [-0.05, 0) is 19.3 Å². The first-order valence-electron chi connectivity index (χ1n) is 10.9. The number of hydrogen-bond acceptors (Lipinski definition) is 5. The van der Waals surface area contributed by atoms with Crippen LogP contribution < -0.4 is 21.4 Å². The van der Waals surface area contributed by atoms with Crippen LogP contribution in [0, 0.1) is 5.92 Å². The molecular weight excluding hydrogens is 402 g/mol. The molecule has 8 nitrogen and oxygen atoms in total. The molecule has 1 aromatic carbocycles. The van der Waals surface area contributed by atoms with E-state index in [9.17, 15) is 0 Å². The highest BCUT2D eigenvalue weighted by Gasteiger charge is 2.47. The van der Waals surface area contributed by atoms with Crippen molar-refractivity contribution in [2.24, 2.45) is 23.7 Å². The number of amidine groups is 1. The average molecular weight is 435 g/mol. The summed E-state index contributed by atoms with van der Waals surface area (Å²) in [6, 6.07) is 10.4. The lowest BCUT2D eigenvalue weighted by Crippen LogP contribution is -2.89. The third-order valence-electron chi connectivity index (χ3n) is 6.07. The minimum atomic E-state index is -0.447. The van der Waals surface area contributed by atoms with Gasteiger partial charge < -0.3 is 15.8 Å². The Kier molecular flexibility index (Phi) is 6.14. The maximum Gasteiger partial charge on any atom is 0.392 e. The summed E-state index contributed by atoms with van der Waals surface area (Å²) >= 11 is 0. The molecule has 2 aromatic rings. The first-order chi connectivity index (χ1) is 15.4. The van der Waals surface area contributed by atoms with Gasteiger partial charge in [-0.2, -0.15) is 5.10 Å². The van der Waals surface area contributed by atoms with Crippen LogP contribution in [-0.2, 0) is 23.7 Å². The summed E-state index contributed by atoms with van der Waals surface area (Å²) < 4.78 is 7.01. The molecule has 5 N–H and O–H groups in total. The standard InChI is InChI=1S/C24H31N7O/c1-16-14-19-21(22(31(3)30-19)17-8-6-5-7-9-17)24(2)18(16)15-27-23(29-24)28-20(25)10-11-26-12-13-32-4/h5-11,15-16,26H,12-14H2,1-4H3,(H3,25,27,28,29)/p+1/b11-10-/t16-,24?/m0/s1. The largest absolute Gasteiger partial charge is 0.392 e. The Hall–Kier alpha value is -3.39. The molecule has 2 heterocycles. The smallest absolute Gasteiger partial charge is 0.388 e. The van der Waals surface area contributed by atoms with E-state index in [0.717, 1.165) is 23.4 Å². The number of fused-ring (bicyclic) bond motifs is 3. The molecule has 1 aliphatic heterocycles. The number of aliphatic imine (C=N–C) groups is 1. The number of guanidine groups is 1. The summed E-state index contributed by atoms with van der Waals surface area (Å²) in [7, 11) is 3.69. The number of aromatic nitrogens is 2. The summed E-state index contributed by atoms with van der Waals surface area (Å²) in [5.41, 5.74) is 11.5. The zero-order valence-electron chi connectivity index (χ0n) is 19.1. The molecular formula is C24H32N7O+. The molecule has 0 radical (unpaired) electrons. The molecule has 0 fully saturated rings. The van der Waals surface area contributed by atoms with Crippen LogP contribution in [-0.4, -0.2) is 41.8 Å². The van der Waals surface area contributed by atoms with Crippen LogP contribution in [0.3, 0.4) is 0 Å². The third kappa shape index (κ3) is 4.05. The zero-order valence-corrected chi connectivity index (χ0v) is 19.1. The first-order valence-corrected chi connectivity index (χ1v) is 10.9. The van der Waals surface area contributed by atoms with Crippen molar-refractivity contribution < 1.29 is 9.73 Å². The number of nitrogens with zero attached hydrogens (tertiary/aromatic N) is 3. The van der Waals surface area contributed by atoms with E-state index in [0.29, 0.717) is 30.9 Å². The van der Waals surface area contributed by atoms with Crippen molar-refractivity contribution in [1.29, 1.82) is 0 Å². The third-order valence-corrected chi connectivity index (χ3v) is 6.07. The Morgan fingerprint density at radius 3 is 2.97 bits per heavy atom. The predicted octanol–water partition coefficient (Wildman–Crippen LogP) is 0.525. The molecule has 2 atom stereocenters. The minimum absolute atomic E-state index is 0.346. The van der Waals surface area contributed by atoms with Crippen LogP contribution in [0.1, 0.15) is 25.1 Å². The molecule has 2 aliphatic rings. The second-order valence-corrected chi connectivity index (χ2v) is 8.42. The number of nitrogens with two attached hydrogens (primary N) is 1. The minimum Gasteiger partial charge on any atom is -0.388 e. The van der Waals surface area contributed by atoms with E-state index in [1.807, 2.05) is 17.8 Å². The van der Waals surface area contributed by atoms with Crippen LogP contribution in [0.15, 0.2) is 59.4 Å². The normalized spacial score (nSPS) is 22.6. The fourth-order valence-corrected chi connectivity index (χ4v) is 4.67. The van der Waals surface area contributed by atoms with Gasteiger partial charge in [-0.1, -0.05) is 42.2 Å². The van der Waals surface area contributed by atoms with Gasteiger partial charge >= 0.3 is 5.96 Å².